The first kappa shape index (κ1) is 17.7. The Morgan fingerprint density at radius 2 is 1.42 bits per heavy atom. The van der Waals surface area contributed by atoms with Crippen molar-refractivity contribution in [3.8, 4) is 5.75 Å². The summed E-state index contributed by atoms with van der Waals surface area (Å²) < 4.78 is 40.8. The van der Waals surface area contributed by atoms with Crippen LogP contribution in [0.4, 0.5) is 18.0 Å². The molecule has 4 nitrogen and oxygen atoms in total. The summed E-state index contributed by atoms with van der Waals surface area (Å²) in [6.07, 6.45) is -4.36. The van der Waals surface area contributed by atoms with Crippen molar-refractivity contribution < 1.29 is 22.7 Å². The molecule has 0 bridgehead atoms. The fraction of sp³-hybridized carbons (Fsp3) is 0.235. The molecule has 0 spiro atoms. The van der Waals surface area contributed by atoms with Gasteiger partial charge in [-0.25, -0.2) is 4.79 Å². The van der Waals surface area contributed by atoms with E-state index in [0.717, 1.165) is 11.1 Å². The van der Waals surface area contributed by atoms with E-state index in [0.29, 0.717) is 6.54 Å². The highest BCUT2D eigenvalue weighted by Crippen LogP contribution is 2.18. The lowest BCUT2D eigenvalue weighted by atomic mass is 10.2. The van der Waals surface area contributed by atoms with Crippen LogP contribution in [-0.4, -0.2) is 18.8 Å². The minimum Gasteiger partial charge on any atom is -0.484 e. The number of alkyl halides is 3. The van der Waals surface area contributed by atoms with Crippen molar-refractivity contribution >= 4 is 6.03 Å². The number of carbonyl (C=O) groups excluding carboxylic acids is 1. The molecule has 7 heteroatoms. The Kier molecular flexibility index (Phi) is 6.06. The highest BCUT2D eigenvalue weighted by Gasteiger charge is 2.28. The Morgan fingerprint density at radius 3 is 1.96 bits per heavy atom. The van der Waals surface area contributed by atoms with Gasteiger partial charge in [0.25, 0.3) is 0 Å². The van der Waals surface area contributed by atoms with Gasteiger partial charge in [0.2, 0.25) is 0 Å². The summed E-state index contributed by atoms with van der Waals surface area (Å²) in [4.78, 5) is 11.7. The Bertz CT molecular complexity index is 643. The van der Waals surface area contributed by atoms with Crippen LogP contribution in [0, 0.1) is 0 Å². The van der Waals surface area contributed by atoms with Gasteiger partial charge in [0.05, 0.1) is 0 Å². The summed E-state index contributed by atoms with van der Waals surface area (Å²) in [6.45, 7) is -0.649. The number of carbonyl (C=O) groups is 1. The van der Waals surface area contributed by atoms with Gasteiger partial charge in [-0.1, -0.05) is 42.5 Å². The van der Waals surface area contributed by atoms with Crippen molar-refractivity contribution in [2.75, 3.05) is 6.61 Å². The average molecular weight is 338 g/mol. The first-order valence-electron chi connectivity index (χ1n) is 7.26. The Hall–Kier alpha value is -2.70. The first-order valence-corrected chi connectivity index (χ1v) is 7.26. The maximum absolute atomic E-state index is 12.0. The molecule has 0 saturated heterocycles. The highest BCUT2D eigenvalue weighted by molar-refractivity contribution is 5.73. The zero-order valence-corrected chi connectivity index (χ0v) is 12.8. The van der Waals surface area contributed by atoms with E-state index in [9.17, 15) is 18.0 Å². The van der Waals surface area contributed by atoms with Crippen molar-refractivity contribution in [3.63, 3.8) is 0 Å². The summed E-state index contributed by atoms with van der Waals surface area (Å²) in [7, 11) is 0. The molecule has 0 saturated carbocycles. The molecule has 2 aromatic carbocycles. The van der Waals surface area contributed by atoms with Gasteiger partial charge >= 0.3 is 12.2 Å². The number of urea groups is 1. The van der Waals surface area contributed by atoms with Crippen LogP contribution in [0.3, 0.4) is 0 Å². The molecule has 0 heterocycles. The van der Waals surface area contributed by atoms with Gasteiger partial charge in [0, 0.05) is 13.1 Å². The zero-order valence-electron chi connectivity index (χ0n) is 12.8. The molecule has 0 unspecified atom stereocenters. The number of hydrogen-bond donors (Lipinski definition) is 2. The molecule has 0 aromatic heterocycles. The molecular weight excluding hydrogens is 321 g/mol. The molecule has 0 aliphatic rings. The van der Waals surface area contributed by atoms with E-state index in [1.165, 1.54) is 12.1 Å². The lowest BCUT2D eigenvalue weighted by molar-refractivity contribution is -0.153. The summed E-state index contributed by atoms with van der Waals surface area (Å²) in [5.74, 6) is 0.129. The van der Waals surface area contributed by atoms with Crippen LogP contribution in [0.5, 0.6) is 5.75 Å². The monoisotopic (exact) mass is 338 g/mol. The van der Waals surface area contributed by atoms with Crippen LogP contribution in [-0.2, 0) is 13.1 Å². The number of hydrogen-bond acceptors (Lipinski definition) is 2. The SMILES string of the molecule is O=C(NCc1ccccc1)NCc1ccc(OCC(F)(F)F)cc1. The normalized spacial score (nSPS) is 11.0. The predicted octanol–water partition coefficient (Wildman–Crippen LogP) is 3.63. The molecule has 2 aromatic rings. The van der Waals surface area contributed by atoms with Gasteiger partial charge in [0.15, 0.2) is 6.61 Å². The number of halogens is 3. The van der Waals surface area contributed by atoms with Gasteiger partial charge in [0.1, 0.15) is 5.75 Å². The van der Waals surface area contributed by atoms with Crippen molar-refractivity contribution in [2.45, 2.75) is 19.3 Å². The van der Waals surface area contributed by atoms with Crippen LogP contribution < -0.4 is 15.4 Å². The topological polar surface area (TPSA) is 50.4 Å². The zero-order chi connectivity index (χ0) is 17.4. The molecule has 2 amide bonds. The van der Waals surface area contributed by atoms with Crippen LogP contribution in [0.2, 0.25) is 0 Å². The van der Waals surface area contributed by atoms with Gasteiger partial charge < -0.3 is 15.4 Å². The van der Waals surface area contributed by atoms with Crippen LogP contribution in [0.15, 0.2) is 54.6 Å². The fourth-order valence-corrected chi connectivity index (χ4v) is 1.89. The molecule has 0 radical (unpaired) electrons. The van der Waals surface area contributed by atoms with Crippen molar-refractivity contribution in [2.24, 2.45) is 0 Å². The summed E-state index contributed by atoms with van der Waals surface area (Å²) in [6, 6.07) is 15.2. The Labute approximate surface area is 137 Å². The van der Waals surface area contributed by atoms with Gasteiger partial charge in [-0.2, -0.15) is 13.2 Å². The van der Waals surface area contributed by atoms with Crippen molar-refractivity contribution in [1.29, 1.82) is 0 Å². The average Bonchev–Trinajstić information content (AvgIpc) is 2.57. The molecular formula is C17H17F3N2O2. The molecule has 24 heavy (non-hydrogen) atoms. The molecule has 128 valence electrons. The predicted molar refractivity (Wildman–Crippen MR) is 83.5 cm³/mol. The maximum Gasteiger partial charge on any atom is 0.422 e. The van der Waals surface area contributed by atoms with E-state index >= 15 is 0 Å². The molecule has 0 atom stereocenters. The van der Waals surface area contributed by atoms with Gasteiger partial charge in [-0.15, -0.1) is 0 Å². The van der Waals surface area contributed by atoms with E-state index in [4.69, 9.17) is 0 Å². The summed E-state index contributed by atoms with van der Waals surface area (Å²) in [5, 5.41) is 5.39. The van der Waals surface area contributed by atoms with Crippen molar-refractivity contribution in [3.05, 3.63) is 65.7 Å². The molecule has 2 rings (SSSR count). The largest absolute Gasteiger partial charge is 0.484 e. The smallest absolute Gasteiger partial charge is 0.422 e. The number of nitrogens with one attached hydrogen (secondary N) is 2. The van der Waals surface area contributed by atoms with Gasteiger partial charge in [-0.05, 0) is 23.3 Å². The van der Waals surface area contributed by atoms with Gasteiger partial charge in [-0.3, -0.25) is 0 Å². The van der Waals surface area contributed by atoms with Crippen LogP contribution in [0.25, 0.3) is 0 Å². The second kappa shape index (κ2) is 8.24. The fourth-order valence-electron chi connectivity index (χ4n) is 1.89. The van der Waals surface area contributed by atoms with Crippen LogP contribution in [0.1, 0.15) is 11.1 Å². The molecule has 2 N–H and O–H groups in total. The lowest BCUT2D eigenvalue weighted by Gasteiger charge is -2.10. The quantitative estimate of drug-likeness (QED) is 0.845. The number of ether oxygens (including phenoxy) is 1. The van der Waals surface area contributed by atoms with E-state index in [1.807, 2.05) is 30.3 Å². The third-order valence-electron chi connectivity index (χ3n) is 3.07. The Balaban J connectivity index is 1.72. The van der Waals surface area contributed by atoms with E-state index in [1.54, 1.807) is 12.1 Å². The Morgan fingerprint density at radius 1 is 0.875 bits per heavy atom. The third-order valence-corrected chi connectivity index (χ3v) is 3.07. The molecule has 0 fully saturated rings. The first-order chi connectivity index (χ1) is 11.4. The van der Waals surface area contributed by atoms with E-state index in [2.05, 4.69) is 15.4 Å². The minimum absolute atomic E-state index is 0.129. The standard InChI is InChI=1S/C17H17F3N2O2/c18-17(19,20)12-24-15-8-6-14(7-9-15)11-22-16(23)21-10-13-4-2-1-3-5-13/h1-9H,10-12H2,(H2,21,22,23). The van der Waals surface area contributed by atoms with E-state index < -0.39 is 12.8 Å². The second-order valence-electron chi connectivity index (χ2n) is 5.07. The summed E-state index contributed by atoms with van der Waals surface area (Å²) >= 11 is 0. The summed E-state index contributed by atoms with van der Waals surface area (Å²) in [5.41, 5.74) is 1.74. The lowest BCUT2D eigenvalue weighted by Crippen LogP contribution is -2.34. The molecule has 0 aliphatic carbocycles. The van der Waals surface area contributed by atoms with Crippen molar-refractivity contribution in [1.82, 2.24) is 10.6 Å². The molecule has 0 aliphatic heterocycles. The third kappa shape index (κ3) is 6.60. The number of benzene rings is 2. The maximum atomic E-state index is 12.0. The number of rotatable bonds is 6. The van der Waals surface area contributed by atoms with E-state index in [-0.39, 0.29) is 18.3 Å². The highest BCUT2D eigenvalue weighted by atomic mass is 19.4. The second-order valence-corrected chi connectivity index (χ2v) is 5.07. The number of amides is 2. The van der Waals surface area contributed by atoms with Crippen LogP contribution >= 0.6 is 0 Å². The minimum atomic E-state index is -4.36.